The molecule has 0 N–H and O–H groups in total. The first kappa shape index (κ1) is 9.97. The van der Waals surface area contributed by atoms with Crippen LogP contribution in [-0.2, 0) is 0 Å². The Labute approximate surface area is 96.5 Å². The molecule has 0 saturated heterocycles. The molecule has 0 unspecified atom stereocenters. The van der Waals surface area contributed by atoms with Crippen molar-refractivity contribution < 1.29 is 0 Å². The highest BCUT2D eigenvalue weighted by Gasteiger charge is 2.02. The van der Waals surface area contributed by atoms with Crippen molar-refractivity contribution in [2.45, 2.75) is 0 Å². The minimum absolute atomic E-state index is 0.252. The van der Waals surface area contributed by atoms with Crippen molar-refractivity contribution in [2.75, 3.05) is 0 Å². The van der Waals surface area contributed by atoms with E-state index in [1.807, 2.05) is 0 Å². The highest BCUT2D eigenvalue weighted by atomic mass is 35.5. The molecule has 0 aliphatic rings. The summed E-state index contributed by atoms with van der Waals surface area (Å²) in [4.78, 5) is 11.9. The molecule has 72 valence electrons. The van der Waals surface area contributed by atoms with Gasteiger partial charge >= 0.3 is 0 Å². The minimum atomic E-state index is 0.252. The summed E-state index contributed by atoms with van der Waals surface area (Å²) in [6.07, 6.45) is 3.02. The fourth-order valence-corrected chi connectivity index (χ4v) is 2.83. The summed E-state index contributed by atoms with van der Waals surface area (Å²) in [7, 11) is 2.62. The van der Waals surface area contributed by atoms with Gasteiger partial charge < -0.3 is 0 Å². The van der Waals surface area contributed by atoms with E-state index in [4.69, 9.17) is 23.2 Å². The molecule has 2 heterocycles. The van der Waals surface area contributed by atoms with E-state index in [1.54, 1.807) is 0 Å². The van der Waals surface area contributed by atoms with Crippen LogP contribution in [0, 0.1) is 0 Å². The van der Waals surface area contributed by atoms with E-state index in [9.17, 15) is 0 Å². The zero-order valence-electron chi connectivity index (χ0n) is 6.52. The van der Waals surface area contributed by atoms with Crippen molar-refractivity contribution >= 4 is 49.9 Å². The predicted octanol–water partition coefficient (Wildman–Crippen LogP) is 2.53. The first-order valence-corrected chi connectivity index (χ1v) is 6.26. The molecule has 0 fully saturated rings. The fourth-order valence-electron chi connectivity index (χ4n) is 0.710. The van der Waals surface area contributed by atoms with Crippen molar-refractivity contribution in [3.8, 4) is 0 Å². The molecule has 2 aromatic rings. The molecular formula is C6H2Cl2N4S2. The van der Waals surface area contributed by atoms with Gasteiger partial charge in [-0.2, -0.15) is 4.37 Å². The lowest BCUT2D eigenvalue weighted by atomic mass is 10.7. The van der Waals surface area contributed by atoms with E-state index in [0.717, 1.165) is 0 Å². The van der Waals surface area contributed by atoms with Crippen LogP contribution in [0.25, 0.3) is 0 Å². The van der Waals surface area contributed by atoms with Gasteiger partial charge in [-0.1, -0.05) is 23.2 Å². The van der Waals surface area contributed by atoms with Gasteiger partial charge in [0, 0.05) is 22.9 Å². The molecule has 0 aliphatic heterocycles. The Kier molecular flexibility index (Phi) is 3.07. The van der Waals surface area contributed by atoms with Gasteiger partial charge in [0.1, 0.15) is 0 Å². The first-order chi connectivity index (χ1) is 6.77. The minimum Gasteiger partial charge on any atom is -0.239 e. The zero-order chi connectivity index (χ0) is 9.97. The summed E-state index contributed by atoms with van der Waals surface area (Å²) < 4.78 is 4.48. The molecule has 0 aromatic carbocycles. The third-order valence-electron chi connectivity index (χ3n) is 1.25. The molecule has 0 bridgehead atoms. The van der Waals surface area contributed by atoms with Crippen LogP contribution in [0.3, 0.4) is 0 Å². The molecule has 0 spiro atoms. The first-order valence-electron chi connectivity index (χ1n) is 3.40. The van der Waals surface area contributed by atoms with Crippen molar-refractivity contribution in [2.24, 2.45) is 4.99 Å². The van der Waals surface area contributed by atoms with Gasteiger partial charge in [0.15, 0.2) is 20.8 Å². The maximum atomic E-state index is 5.77. The second-order valence-electron chi connectivity index (χ2n) is 2.13. The second-order valence-corrected chi connectivity index (χ2v) is 4.68. The molecular weight excluding hydrogens is 263 g/mol. The normalized spacial score (nSPS) is 12.0. The number of hydrogen-bond donors (Lipinski definition) is 0. The number of halogens is 2. The molecule has 0 radical (unpaired) electrons. The Bertz CT molecular complexity index is 506. The molecule has 2 aromatic heterocycles. The summed E-state index contributed by atoms with van der Waals surface area (Å²) in [5, 5.41) is 0.615. The topological polar surface area (TPSA) is 51.0 Å². The molecule has 8 heteroatoms. The van der Waals surface area contributed by atoms with Crippen molar-refractivity contribution in [3.05, 3.63) is 27.4 Å². The van der Waals surface area contributed by atoms with Crippen molar-refractivity contribution in [1.82, 2.24) is 14.3 Å². The third-order valence-corrected chi connectivity index (χ3v) is 3.69. The van der Waals surface area contributed by atoms with Gasteiger partial charge in [-0.05, 0) is 10.3 Å². The van der Waals surface area contributed by atoms with Gasteiger partial charge in [-0.15, -0.1) is 0 Å². The van der Waals surface area contributed by atoms with Crippen LogP contribution < -0.4 is 4.67 Å². The van der Waals surface area contributed by atoms with Crippen LogP contribution in [0.4, 0.5) is 5.82 Å². The lowest BCUT2D eigenvalue weighted by Gasteiger charge is -1.91. The molecule has 0 aliphatic carbocycles. The Morgan fingerprint density at radius 2 is 1.93 bits per heavy atom. The molecule has 0 saturated carbocycles. The Balaban J connectivity index is 2.54. The molecule has 14 heavy (non-hydrogen) atoms. The number of rotatable bonds is 1. The Morgan fingerprint density at radius 1 is 1.14 bits per heavy atom. The number of aromatic nitrogens is 3. The summed E-state index contributed by atoms with van der Waals surface area (Å²) in [5.74, 6) is 0.354. The van der Waals surface area contributed by atoms with Gasteiger partial charge in [-0.25, -0.2) is 15.0 Å². The van der Waals surface area contributed by atoms with Crippen LogP contribution in [0.2, 0.25) is 10.3 Å². The maximum Gasteiger partial charge on any atom is 0.191 e. The smallest absolute Gasteiger partial charge is 0.191 e. The van der Waals surface area contributed by atoms with E-state index < -0.39 is 0 Å². The highest BCUT2D eigenvalue weighted by Crippen LogP contribution is 2.18. The summed E-state index contributed by atoms with van der Waals surface area (Å²) in [5.41, 5.74) is 0. The van der Waals surface area contributed by atoms with Gasteiger partial charge in [0.05, 0.1) is 0 Å². The van der Waals surface area contributed by atoms with E-state index >= 15 is 0 Å². The third kappa shape index (κ3) is 2.09. The van der Waals surface area contributed by atoms with Crippen LogP contribution in [-0.4, -0.2) is 14.3 Å². The Morgan fingerprint density at radius 3 is 2.57 bits per heavy atom. The lowest BCUT2D eigenvalue weighted by Crippen LogP contribution is -1.94. The largest absolute Gasteiger partial charge is 0.239 e. The van der Waals surface area contributed by atoms with Gasteiger partial charge in [-0.3, -0.25) is 0 Å². The summed E-state index contributed by atoms with van der Waals surface area (Å²) in [6.45, 7) is 0. The van der Waals surface area contributed by atoms with Crippen molar-refractivity contribution in [1.29, 1.82) is 0 Å². The quantitative estimate of drug-likeness (QED) is 0.744. The molecule has 0 amide bonds. The zero-order valence-corrected chi connectivity index (χ0v) is 9.66. The molecule has 0 atom stereocenters. The summed E-state index contributed by atoms with van der Waals surface area (Å²) >= 11 is 11.5. The standard InChI is InChI=1S/C6H2Cl2N4S2/c7-3-5(10-2-1-9-3)11-6-4(8)12-14-13-6/h1-2H. The molecule has 2 rings (SSSR count). The monoisotopic (exact) mass is 264 g/mol. The number of hydrogen-bond acceptors (Lipinski definition) is 6. The maximum absolute atomic E-state index is 5.77. The van der Waals surface area contributed by atoms with E-state index in [0.29, 0.717) is 15.6 Å². The van der Waals surface area contributed by atoms with Crippen LogP contribution >= 0.6 is 44.1 Å². The highest BCUT2D eigenvalue weighted by molar-refractivity contribution is 7.66. The average molecular weight is 265 g/mol. The Hall–Kier alpha value is -0.560. The van der Waals surface area contributed by atoms with E-state index in [-0.39, 0.29) is 5.15 Å². The fraction of sp³-hybridized carbons (Fsp3) is 0. The van der Waals surface area contributed by atoms with Crippen LogP contribution in [0.1, 0.15) is 0 Å². The lowest BCUT2D eigenvalue weighted by molar-refractivity contribution is 1.15. The average Bonchev–Trinajstić information content (AvgIpc) is 2.56. The van der Waals surface area contributed by atoms with Crippen LogP contribution in [0.15, 0.2) is 17.4 Å². The molecule has 4 nitrogen and oxygen atoms in total. The van der Waals surface area contributed by atoms with Gasteiger partial charge in [0.2, 0.25) is 0 Å². The van der Waals surface area contributed by atoms with E-state index in [1.165, 1.54) is 33.3 Å². The van der Waals surface area contributed by atoms with Crippen molar-refractivity contribution in [3.63, 3.8) is 0 Å². The van der Waals surface area contributed by atoms with Gasteiger partial charge in [0.25, 0.3) is 0 Å². The summed E-state index contributed by atoms with van der Waals surface area (Å²) in [6, 6.07) is 0. The second kappa shape index (κ2) is 4.31. The predicted molar refractivity (Wildman–Crippen MR) is 57.3 cm³/mol. The number of nitrogens with zero attached hydrogens (tertiary/aromatic N) is 4. The van der Waals surface area contributed by atoms with Crippen LogP contribution in [0.5, 0.6) is 0 Å². The SMILES string of the molecule is Clc1nccnc1N=c1ssnc1Cl. The van der Waals surface area contributed by atoms with E-state index in [2.05, 4.69) is 19.3 Å².